The molecule has 21 heavy (non-hydrogen) atoms. The summed E-state index contributed by atoms with van der Waals surface area (Å²) >= 11 is 5.73. The van der Waals surface area contributed by atoms with E-state index < -0.39 is 17.6 Å². The molecule has 0 aliphatic carbocycles. The SMILES string of the molecule is CC(C)(C)C(CCCl)NC(=O)c1ccc(C(F)(F)F)cc1. The molecular weight excluding hydrogens is 303 g/mol. The Morgan fingerprint density at radius 1 is 1.19 bits per heavy atom. The number of alkyl halides is 4. The van der Waals surface area contributed by atoms with Gasteiger partial charge in [-0.15, -0.1) is 11.6 Å². The second kappa shape index (κ2) is 6.69. The Morgan fingerprint density at radius 3 is 2.10 bits per heavy atom. The standard InChI is InChI=1S/C15H19ClF3NO/c1-14(2,3)12(8-9-16)20-13(21)10-4-6-11(7-5-10)15(17,18)19/h4-7,12H,8-9H2,1-3H3,(H,20,21). The number of amides is 1. The van der Waals surface area contributed by atoms with E-state index in [-0.39, 0.29) is 17.0 Å². The van der Waals surface area contributed by atoms with Crippen molar-refractivity contribution in [2.24, 2.45) is 5.41 Å². The Hall–Kier alpha value is -1.23. The molecule has 1 atom stereocenters. The summed E-state index contributed by atoms with van der Waals surface area (Å²) < 4.78 is 37.4. The monoisotopic (exact) mass is 321 g/mol. The van der Waals surface area contributed by atoms with E-state index >= 15 is 0 Å². The van der Waals surface area contributed by atoms with Gasteiger partial charge in [-0.05, 0) is 36.1 Å². The lowest BCUT2D eigenvalue weighted by Crippen LogP contribution is -2.44. The Labute approximate surface area is 127 Å². The number of carbonyl (C=O) groups excluding carboxylic acids is 1. The third-order valence-electron chi connectivity index (χ3n) is 3.22. The fourth-order valence-corrected chi connectivity index (χ4v) is 2.10. The van der Waals surface area contributed by atoms with E-state index in [1.54, 1.807) is 0 Å². The average molecular weight is 322 g/mol. The van der Waals surface area contributed by atoms with E-state index in [1.807, 2.05) is 20.8 Å². The summed E-state index contributed by atoms with van der Waals surface area (Å²) in [6.07, 6.45) is -3.81. The first kappa shape index (κ1) is 17.8. The van der Waals surface area contributed by atoms with Crippen LogP contribution < -0.4 is 5.32 Å². The zero-order valence-corrected chi connectivity index (χ0v) is 13.0. The molecule has 1 amide bonds. The van der Waals surface area contributed by atoms with E-state index in [0.29, 0.717) is 12.3 Å². The highest BCUT2D eigenvalue weighted by atomic mass is 35.5. The maximum absolute atomic E-state index is 12.5. The van der Waals surface area contributed by atoms with Gasteiger partial charge in [-0.1, -0.05) is 20.8 Å². The van der Waals surface area contributed by atoms with Crippen molar-refractivity contribution in [3.63, 3.8) is 0 Å². The molecule has 1 unspecified atom stereocenters. The smallest absolute Gasteiger partial charge is 0.349 e. The van der Waals surface area contributed by atoms with Crippen LogP contribution in [0, 0.1) is 5.41 Å². The number of nitrogens with one attached hydrogen (secondary N) is 1. The lowest BCUT2D eigenvalue weighted by molar-refractivity contribution is -0.137. The molecule has 0 heterocycles. The molecule has 0 aliphatic rings. The minimum Gasteiger partial charge on any atom is -0.349 e. The van der Waals surface area contributed by atoms with Crippen LogP contribution in [0.3, 0.4) is 0 Å². The normalized spacial score (nSPS) is 13.9. The summed E-state index contributed by atoms with van der Waals surface area (Å²) in [5.41, 5.74) is -0.754. The van der Waals surface area contributed by atoms with Gasteiger partial charge in [-0.2, -0.15) is 13.2 Å². The van der Waals surface area contributed by atoms with Gasteiger partial charge in [0.25, 0.3) is 5.91 Å². The second-order valence-electron chi connectivity index (χ2n) is 5.94. The summed E-state index contributed by atoms with van der Waals surface area (Å²) in [6.45, 7) is 5.91. The molecule has 0 saturated carbocycles. The predicted molar refractivity (Wildman–Crippen MR) is 77.5 cm³/mol. The van der Waals surface area contributed by atoms with Crippen molar-refractivity contribution in [1.29, 1.82) is 0 Å². The van der Waals surface area contributed by atoms with Gasteiger partial charge in [0.2, 0.25) is 0 Å². The lowest BCUT2D eigenvalue weighted by atomic mass is 9.85. The number of rotatable bonds is 4. The quantitative estimate of drug-likeness (QED) is 0.814. The van der Waals surface area contributed by atoms with Gasteiger partial charge in [0.15, 0.2) is 0 Å². The Morgan fingerprint density at radius 2 is 1.71 bits per heavy atom. The fraction of sp³-hybridized carbons (Fsp3) is 0.533. The van der Waals surface area contributed by atoms with E-state index in [0.717, 1.165) is 12.1 Å². The fourth-order valence-electron chi connectivity index (χ4n) is 1.88. The molecule has 0 fully saturated rings. The van der Waals surface area contributed by atoms with Crippen LogP contribution in [0.1, 0.15) is 43.1 Å². The van der Waals surface area contributed by atoms with Crippen molar-refractivity contribution in [3.05, 3.63) is 35.4 Å². The minimum absolute atomic E-state index is 0.148. The van der Waals surface area contributed by atoms with Crippen LogP contribution in [0.2, 0.25) is 0 Å². The van der Waals surface area contributed by atoms with Gasteiger partial charge in [0, 0.05) is 17.5 Å². The summed E-state index contributed by atoms with van der Waals surface area (Å²) in [7, 11) is 0. The first-order valence-electron chi connectivity index (χ1n) is 6.60. The molecule has 1 aromatic rings. The molecule has 1 aromatic carbocycles. The van der Waals surface area contributed by atoms with Crippen molar-refractivity contribution >= 4 is 17.5 Å². The molecule has 6 heteroatoms. The van der Waals surface area contributed by atoms with Crippen molar-refractivity contribution < 1.29 is 18.0 Å². The van der Waals surface area contributed by atoms with Gasteiger partial charge >= 0.3 is 6.18 Å². The Kier molecular flexibility index (Phi) is 5.68. The van der Waals surface area contributed by atoms with Gasteiger partial charge in [0.1, 0.15) is 0 Å². The molecule has 118 valence electrons. The first-order chi connectivity index (χ1) is 9.55. The highest BCUT2D eigenvalue weighted by Crippen LogP contribution is 2.29. The van der Waals surface area contributed by atoms with E-state index in [4.69, 9.17) is 11.6 Å². The molecule has 1 rings (SSSR count). The number of hydrogen-bond acceptors (Lipinski definition) is 1. The van der Waals surface area contributed by atoms with Crippen LogP contribution in [-0.2, 0) is 6.18 Å². The molecule has 0 saturated heterocycles. The van der Waals surface area contributed by atoms with Crippen molar-refractivity contribution in [2.45, 2.75) is 39.4 Å². The highest BCUT2D eigenvalue weighted by molar-refractivity contribution is 6.17. The summed E-state index contributed by atoms with van der Waals surface area (Å²) in [5, 5.41) is 2.83. The summed E-state index contributed by atoms with van der Waals surface area (Å²) in [5.74, 6) is 0.00338. The molecule has 0 aliphatic heterocycles. The van der Waals surface area contributed by atoms with Gasteiger partial charge in [-0.25, -0.2) is 0 Å². The molecule has 2 nitrogen and oxygen atoms in total. The van der Waals surface area contributed by atoms with E-state index in [1.165, 1.54) is 12.1 Å². The maximum Gasteiger partial charge on any atom is 0.416 e. The molecule has 0 bridgehead atoms. The molecule has 0 spiro atoms. The largest absolute Gasteiger partial charge is 0.416 e. The molecule has 1 N–H and O–H groups in total. The molecule has 0 aromatic heterocycles. The summed E-state index contributed by atoms with van der Waals surface area (Å²) in [4.78, 5) is 12.1. The van der Waals surface area contributed by atoms with Crippen molar-refractivity contribution in [2.75, 3.05) is 5.88 Å². The van der Waals surface area contributed by atoms with Crippen LogP contribution in [-0.4, -0.2) is 17.8 Å². The van der Waals surface area contributed by atoms with Crippen LogP contribution in [0.4, 0.5) is 13.2 Å². The zero-order chi connectivity index (χ0) is 16.3. The van der Waals surface area contributed by atoms with Crippen LogP contribution in [0.5, 0.6) is 0 Å². The van der Waals surface area contributed by atoms with Gasteiger partial charge in [-0.3, -0.25) is 4.79 Å². The number of carbonyl (C=O) groups is 1. The first-order valence-corrected chi connectivity index (χ1v) is 7.13. The Bertz CT molecular complexity index is 477. The number of benzene rings is 1. The van der Waals surface area contributed by atoms with Gasteiger partial charge < -0.3 is 5.32 Å². The highest BCUT2D eigenvalue weighted by Gasteiger charge is 2.30. The van der Waals surface area contributed by atoms with Crippen LogP contribution in [0.25, 0.3) is 0 Å². The topological polar surface area (TPSA) is 29.1 Å². The number of hydrogen-bond donors (Lipinski definition) is 1. The molecular formula is C15H19ClF3NO. The molecule has 0 radical (unpaired) electrons. The third kappa shape index (κ3) is 5.23. The third-order valence-corrected chi connectivity index (χ3v) is 3.44. The van der Waals surface area contributed by atoms with Crippen LogP contribution in [0.15, 0.2) is 24.3 Å². The minimum atomic E-state index is -4.40. The lowest BCUT2D eigenvalue weighted by Gasteiger charge is -2.31. The number of halogens is 4. The Balaban J connectivity index is 2.84. The maximum atomic E-state index is 12.5. The zero-order valence-electron chi connectivity index (χ0n) is 12.2. The predicted octanol–water partition coefficient (Wildman–Crippen LogP) is 4.48. The second-order valence-corrected chi connectivity index (χ2v) is 6.32. The van der Waals surface area contributed by atoms with E-state index in [2.05, 4.69) is 5.32 Å². The summed E-state index contributed by atoms with van der Waals surface area (Å²) in [6, 6.07) is 4.02. The van der Waals surface area contributed by atoms with Crippen molar-refractivity contribution in [1.82, 2.24) is 5.32 Å². The van der Waals surface area contributed by atoms with Crippen molar-refractivity contribution in [3.8, 4) is 0 Å². The average Bonchev–Trinajstić information content (AvgIpc) is 2.36. The van der Waals surface area contributed by atoms with E-state index in [9.17, 15) is 18.0 Å². The van der Waals surface area contributed by atoms with Gasteiger partial charge in [0.05, 0.1) is 5.56 Å². The van der Waals surface area contributed by atoms with Crippen LogP contribution >= 0.6 is 11.6 Å².